The van der Waals surface area contributed by atoms with Crippen molar-refractivity contribution in [2.45, 2.75) is 43.9 Å². The van der Waals surface area contributed by atoms with E-state index in [1.165, 1.54) is 5.56 Å². The Bertz CT molecular complexity index is 726. The van der Waals surface area contributed by atoms with Gasteiger partial charge in [-0.3, -0.25) is 4.79 Å². The maximum Gasteiger partial charge on any atom is 0.226 e. The number of benzene rings is 1. The van der Waals surface area contributed by atoms with E-state index >= 15 is 0 Å². The smallest absolute Gasteiger partial charge is 0.226 e. The molecular formula is C24H35FN2O4. The lowest BCUT2D eigenvalue weighted by Crippen LogP contribution is -2.52. The van der Waals surface area contributed by atoms with Gasteiger partial charge in [0.25, 0.3) is 0 Å². The fourth-order valence-corrected chi connectivity index (χ4v) is 4.84. The number of rotatable bonds is 12. The molecule has 7 heteroatoms. The molecule has 0 unspecified atom stereocenters. The zero-order valence-electron chi connectivity index (χ0n) is 18.5. The van der Waals surface area contributed by atoms with Gasteiger partial charge in [0, 0.05) is 31.2 Å². The van der Waals surface area contributed by atoms with Gasteiger partial charge in [0.05, 0.1) is 26.2 Å². The van der Waals surface area contributed by atoms with E-state index in [0.717, 1.165) is 38.5 Å². The van der Waals surface area contributed by atoms with Gasteiger partial charge in [-0.15, -0.1) is 0 Å². The average molecular weight is 435 g/mol. The van der Waals surface area contributed by atoms with Crippen LogP contribution in [0.15, 0.2) is 36.2 Å². The van der Waals surface area contributed by atoms with E-state index in [-0.39, 0.29) is 29.9 Å². The summed E-state index contributed by atoms with van der Waals surface area (Å²) < 4.78 is 28.6. The third-order valence-electron chi connectivity index (χ3n) is 7.00. The standard InChI is InChI=1S/C24H35FN2O4/c1-29-14-15-30-13-12-27-22(28)24-9-6-23(7-10-24,8-11-24)20-2-4-21(5-3-20)31-18-19(16-25)17-26/h2-5,16H,6-15,17-18,26H2,1H3,(H,27,28). The number of halogens is 1. The Hall–Kier alpha value is -1.96. The number of fused-ring (bicyclic) bond motifs is 3. The highest BCUT2D eigenvalue weighted by molar-refractivity contribution is 5.83. The summed E-state index contributed by atoms with van der Waals surface area (Å²) in [6.07, 6.45) is 6.33. The minimum absolute atomic E-state index is 0.144. The zero-order valence-corrected chi connectivity index (χ0v) is 18.5. The molecule has 2 bridgehead atoms. The van der Waals surface area contributed by atoms with E-state index in [9.17, 15) is 9.18 Å². The van der Waals surface area contributed by atoms with Crippen LogP contribution in [0, 0.1) is 5.41 Å². The molecule has 0 heterocycles. The number of carbonyl (C=O) groups is 1. The predicted octanol–water partition coefficient (Wildman–Crippen LogP) is 3.25. The molecular weight excluding hydrogens is 399 g/mol. The van der Waals surface area contributed by atoms with Crippen LogP contribution in [0.25, 0.3) is 0 Å². The van der Waals surface area contributed by atoms with E-state index in [1.807, 2.05) is 12.1 Å². The second kappa shape index (κ2) is 11.1. The highest BCUT2D eigenvalue weighted by atomic mass is 19.1. The molecule has 1 aromatic carbocycles. The maximum absolute atomic E-state index is 12.9. The van der Waals surface area contributed by atoms with E-state index < -0.39 is 0 Å². The highest BCUT2D eigenvalue weighted by Gasteiger charge is 2.52. The Morgan fingerprint density at radius 1 is 1.10 bits per heavy atom. The van der Waals surface area contributed by atoms with Gasteiger partial charge in [-0.2, -0.15) is 0 Å². The summed E-state index contributed by atoms with van der Waals surface area (Å²) >= 11 is 0. The van der Waals surface area contributed by atoms with Crippen LogP contribution < -0.4 is 15.8 Å². The molecule has 0 radical (unpaired) electrons. The highest BCUT2D eigenvalue weighted by Crippen LogP contribution is 2.57. The molecule has 1 amide bonds. The topological polar surface area (TPSA) is 82.8 Å². The number of carbonyl (C=O) groups excluding carboxylic acids is 1. The largest absolute Gasteiger partial charge is 0.489 e. The van der Waals surface area contributed by atoms with Crippen LogP contribution in [0.4, 0.5) is 4.39 Å². The molecule has 1 aromatic rings. The van der Waals surface area contributed by atoms with Crippen LogP contribution in [0.1, 0.15) is 44.1 Å². The molecule has 3 aliphatic rings. The van der Waals surface area contributed by atoms with Gasteiger partial charge >= 0.3 is 0 Å². The second-order valence-corrected chi connectivity index (χ2v) is 8.71. The second-order valence-electron chi connectivity index (χ2n) is 8.71. The van der Waals surface area contributed by atoms with Crippen molar-refractivity contribution in [1.82, 2.24) is 5.32 Å². The van der Waals surface area contributed by atoms with Crippen molar-refractivity contribution >= 4 is 5.91 Å². The summed E-state index contributed by atoms with van der Waals surface area (Å²) in [6.45, 7) is 2.47. The van der Waals surface area contributed by atoms with E-state index in [1.54, 1.807) is 7.11 Å². The number of hydrogen-bond donors (Lipinski definition) is 2. The fraction of sp³-hybridized carbons (Fsp3) is 0.625. The Labute approximate surface area is 184 Å². The first kappa shape index (κ1) is 23.7. The molecule has 0 saturated heterocycles. The summed E-state index contributed by atoms with van der Waals surface area (Å²) in [5.41, 5.74) is 7.12. The number of methoxy groups -OCH3 is 1. The fourth-order valence-electron chi connectivity index (χ4n) is 4.84. The number of ether oxygens (including phenoxy) is 3. The summed E-state index contributed by atoms with van der Waals surface area (Å²) in [5.74, 6) is 0.887. The van der Waals surface area contributed by atoms with Gasteiger partial charge in [0.1, 0.15) is 12.4 Å². The lowest BCUT2D eigenvalue weighted by atomic mass is 9.51. The molecule has 4 rings (SSSR count). The predicted molar refractivity (Wildman–Crippen MR) is 118 cm³/mol. The molecule has 3 fully saturated rings. The van der Waals surface area contributed by atoms with Crippen LogP contribution in [-0.4, -0.2) is 52.5 Å². The molecule has 172 valence electrons. The van der Waals surface area contributed by atoms with Crippen molar-refractivity contribution in [3.05, 3.63) is 41.7 Å². The third kappa shape index (κ3) is 5.64. The minimum Gasteiger partial charge on any atom is -0.489 e. The minimum atomic E-state index is -0.228. The SMILES string of the molecule is COCCOCCNC(=O)C12CCC(c3ccc(OCC(=CF)CN)cc3)(CC1)CC2. The van der Waals surface area contributed by atoms with Gasteiger partial charge in [-0.25, -0.2) is 4.39 Å². The van der Waals surface area contributed by atoms with E-state index in [2.05, 4.69) is 17.4 Å². The van der Waals surface area contributed by atoms with Crippen molar-refractivity contribution in [2.24, 2.45) is 11.1 Å². The first-order valence-electron chi connectivity index (χ1n) is 11.1. The summed E-state index contributed by atoms with van der Waals surface area (Å²) in [7, 11) is 1.64. The summed E-state index contributed by atoms with van der Waals surface area (Å²) in [4.78, 5) is 12.9. The molecule has 0 aromatic heterocycles. The average Bonchev–Trinajstić information content (AvgIpc) is 2.83. The number of nitrogens with one attached hydrogen (secondary N) is 1. The van der Waals surface area contributed by atoms with Crippen molar-refractivity contribution < 1.29 is 23.4 Å². The maximum atomic E-state index is 12.9. The molecule has 3 aliphatic carbocycles. The van der Waals surface area contributed by atoms with Crippen molar-refractivity contribution in [3.63, 3.8) is 0 Å². The molecule has 31 heavy (non-hydrogen) atoms. The number of hydrogen-bond acceptors (Lipinski definition) is 5. The lowest BCUT2D eigenvalue weighted by Gasteiger charge is -2.52. The van der Waals surface area contributed by atoms with Gasteiger partial charge in [0.15, 0.2) is 0 Å². The summed E-state index contributed by atoms with van der Waals surface area (Å²) in [6, 6.07) is 8.13. The van der Waals surface area contributed by atoms with Crippen molar-refractivity contribution in [1.29, 1.82) is 0 Å². The van der Waals surface area contributed by atoms with Crippen LogP contribution in [0.2, 0.25) is 0 Å². The first-order valence-corrected chi connectivity index (χ1v) is 11.1. The molecule has 0 spiro atoms. The molecule has 3 saturated carbocycles. The van der Waals surface area contributed by atoms with Gasteiger partial charge < -0.3 is 25.3 Å². The van der Waals surface area contributed by atoms with E-state index in [0.29, 0.717) is 44.0 Å². The number of nitrogens with two attached hydrogens (primary N) is 1. The van der Waals surface area contributed by atoms with Crippen LogP contribution >= 0.6 is 0 Å². The quantitative estimate of drug-likeness (QED) is 0.494. The van der Waals surface area contributed by atoms with Crippen molar-refractivity contribution in [2.75, 3.05) is 46.6 Å². The lowest BCUT2D eigenvalue weighted by molar-refractivity contribution is -0.138. The Morgan fingerprint density at radius 3 is 2.35 bits per heavy atom. The first-order chi connectivity index (χ1) is 15.1. The third-order valence-corrected chi connectivity index (χ3v) is 7.00. The van der Waals surface area contributed by atoms with E-state index in [4.69, 9.17) is 19.9 Å². The van der Waals surface area contributed by atoms with Crippen molar-refractivity contribution in [3.8, 4) is 5.75 Å². The number of amides is 1. The normalized spacial score (nSPS) is 25.5. The molecule has 0 atom stereocenters. The molecule has 6 nitrogen and oxygen atoms in total. The Balaban J connectivity index is 1.50. The van der Waals surface area contributed by atoms with Crippen LogP contribution in [0.3, 0.4) is 0 Å². The molecule has 0 aliphatic heterocycles. The monoisotopic (exact) mass is 434 g/mol. The van der Waals surface area contributed by atoms with Crippen LogP contribution in [-0.2, 0) is 19.7 Å². The zero-order chi connectivity index (χ0) is 22.2. The Kier molecular flexibility index (Phi) is 8.46. The summed E-state index contributed by atoms with van der Waals surface area (Å²) in [5, 5.41) is 3.08. The van der Waals surface area contributed by atoms with Gasteiger partial charge in [0.2, 0.25) is 5.91 Å². The Morgan fingerprint density at radius 2 is 1.77 bits per heavy atom. The van der Waals surface area contributed by atoms with Gasteiger partial charge in [-0.1, -0.05) is 12.1 Å². The van der Waals surface area contributed by atoms with Crippen LogP contribution in [0.5, 0.6) is 5.75 Å². The molecule has 3 N–H and O–H groups in total. The van der Waals surface area contributed by atoms with Gasteiger partial charge in [-0.05, 0) is 61.6 Å².